The fraction of sp³-hybridized carbons (Fsp3) is 0.556. The van der Waals surface area contributed by atoms with Gasteiger partial charge in [0.05, 0.1) is 18.2 Å². The van der Waals surface area contributed by atoms with Gasteiger partial charge in [-0.2, -0.15) is 0 Å². The molecule has 3 aliphatic rings. The second-order valence-corrected chi connectivity index (χ2v) is 9.94. The van der Waals surface area contributed by atoms with Crippen LogP contribution in [0.3, 0.4) is 0 Å². The highest BCUT2D eigenvalue weighted by atomic mass is 79.9. The maximum absolute atomic E-state index is 13.4. The minimum atomic E-state index is -0.366. The summed E-state index contributed by atoms with van der Waals surface area (Å²) in [5.74, 6) is 1.19. The molecule has 1 aliphatic heterocycles. The van der Waals surface area contributed by atoms with Crippen molar-refractivity contribution in [2.24, 2.45) is 0 Å². The summed E-state index contributed by atoms with van der Waals surface area (Å²) in [7, 11) is 3.32. The number of Topliss-reactive ketones (excluding diaryl/α,β-unsaturated/α-hetero) is 2. The average Bonchev–Trinajstić information content (AvgIpc) is 2.83. The van der Waals surface area contributed by atoms with Crippen molar-refractivity contribution >= 4 is 27.5 Å². The zero-order chi connectivity index (χ0) is 24.2. The van der Waals surface area contributed by atoms with Crippen LogP contribution in [0, 0.1) is 0 Å². The standard InChI is InChI=1S/C27H34BrNO5/c1-4-13-34-27-18(28)15-17(16-23(27)33-3)24-25-19(8-5-10-21(25)30)29(12-7-14-32-2)20-9-6-11-22(31)26(20)24/h15-16,24H,4-14H2,1-3H3. The van der Waals surface area contributed by atoms with Crippen molar-refractivity contribution in [2.75, 3.05) is 34.0 Å². The van der Waals surface area contributed by atoms with Gasteiger partial charge in [-0.15, -0.1) is 0 Å². The first-order valence-corrected chi connectivity index (χ1v) is 13.1. The Labute approximate surface area is 210 Å². The Morgan fingerprint density at radius 3 is 2.18 bits per heavy atom. The van der Waals surface area contributed by atoms with Crippen LogP contribution in [0.4, 0.5) is 0 Å². The lowest BCUT2D eigenvalue weighted by atomic mass is 9.71. The highest BCUT2D eigenvalue weighted by molar-refractivity contribution is 9.10. The lowest BCUT2D eigenvalue weighted by Crippen LogP contribution is -2.39. The van der Waals surface area contributed by atoms with E-state index in [-0.39, 0.29) is 17.5 Å². The molecule has 0 aromatic heterocycles. The van der Waals surface area contributed by atoms with Crippen molar-refractivity contribution < 1.29 is 23.8 Å². The Morgan fingerprint density at radius 2 is 1.62 bits per heavy atom. The fourth-order valence-electron chi connectivity index (χ4n) is 5.44. The molecule has 0 unspecified atom stereocenters. The fourth-order valence-corrected chi connectivity index (χ4v) is 6.01. The van der Waals surface area contributed by atoms with E-state index >= 15 is 0 Å². The minimum Gasteiger partial charge on any atom is -0.493 e. The van der Waals surface area contributed by atoms with Gasteiger partial charge in [0.15, 0.2) is 23.1 Å². The number of carbonyl (C=O) groups excluding carboxylic acids is 2. The summed E-state index contributed by atoms with van der Waals surface area (Å²) in [6, 6.07) is 3.94. The van der Waals surface area contributed by atoms with Crippen LogP contribution in [0.2, 0.25) is 0 Å². The Bertz CT molecular complexity index is 984. The molecule has 184 valence electrons. The van der Waals surface area contributed by atoms with Crippen LogP contribution in [-0.2, 0) is 14.3 Å². The van der Waals surface area contributed by atoms with Crippen LogP contribution in [0.25, 0.3) is 0 Å². The summed E-state index contributed by atoms with van der Waals surface area (Å²) in [6.07, 6.45) is 6.17. The van der Waals surface area contributed by atoms with Crippen LogP contribution >= 0.6 is 15.9 Å². The van der Waals surface area contributed by atoms with Crippen LogP contribution < -0.4 is 9.47 Å². The van der Waals surface area contributed by atoms with Crippen LogP contribution in [0.15, 0.2) is 39.1 Å². The van der Waals surface area contributed by atoms with Gasteiger partial charge in [-0.25, -0.2) is 0 Å². The van der Waals surface area contributed by atoms with E-state index in [9.17, 15) is 9.59 Å². The topological polar surface area (TPSA) is 65.1 Å². The van der Waals surface area contributed by atoms with Gasteiger partial charge in [0.25, 0.3) is 0 Å². The third kappa shape index (κ3) is 4.69. The Hall–Kier alpha value is -2.12. The number of ketones is 2. The quantitative estimate of drug-likeness (QED) is 0.381. The molecule has 1 heterocycles. The first kappa shape index (κ1) is 25.0. The minimum absolute atomic E-state index is 0.148. The molecule has 34 heavy (non-hydrogen) atoms. The van der Waals surface area contributed by atoms with Gasteiger partial charge in [0.1, 0.15) is 0 Å². The third-order valence-electron chi connectivity index (χ3n) is 6.85. The number of methoxy groups -OCH3 is 2. The molecule has 0 amide bonds. The summed E-state index contributed by atoms with van der Waals surface area (Å²) >= 11 is 3.66. The van der Waals surface area contributed by atoms with E-state index in [1.54, 1.807) is 14.2 Å². The lowest BCUT2D eigenvalue weighted by molar-refractivity contribution is -0.117. The number of allylic oxidation sites excluding steroid dienone is 4. The molecular formula is C27H34BrNO5. The summed E-state index contributed by atoms with van der Waals surface area (Å²) in [4.78, 5) is 29.1. The zero-order valence-corrected chi connectivity index (χ0v) is 22.0. The number of hydrogen-bond acceptors (Lipinski definition) is 6. The summed E-state index contributed by atoms with van der Waals surface area (Å²) in [5, 5.41) is 0. The predicted octanol–water partition coefficient (Wildman–Crippen LogP) is 5.70. The first-order valence-electron chi connectivity index (χ1n) is 12.3. The molecule has 0 N–H and O–H groups in total. The second kappa shape index (κ2) is 11.1. The van der Waals surface area contributed by atoms with E-state index in [0.717, 1.165) is 77.6 Å². The first-order chi connectivity index (χ1) is 16.5. The Morgan fingerprint density at radius 1 is 0.971 bits per heavy atom. The molecular weight excluding hydrogens is 498 g/mol. The predicted molar refractivity (Wildman–Crippen MR) is 134 cm³/mol. The molecule has 4 rings (SSSR count). The molecule has 6 nitrogen and oxygen atoms in total. The van der Waals surface area contributed by atoms with Gasteiger partial charge in [-0.1, -0.05) is 6.92 Å². The van der Waals surface area contributed by atoms with Gasteiger partial charge in [-0.05, 0) is 72.2 Å². The number of hydrogen-bond donors (Lipinski definition) is 0. The van der Waals surface area contributed by atoms with Crippen molar-refractivity contribution in [3.63, 3.8) is 0 Å². The molecule has 0 spiro atoms. The van der Waals surface area contributed by atoms with E-state index in [0.29, 0.717) is 37.6 Å². The molecule has 1 aromatic carbocycles. The molecule has 2 aliphatic carbocycles. The van der Waals surface area contributed by atoms with Crippen LogP contribution in [-0.4, -0.2) is 50.4 Å². The maximum atomic E-state index is 13.4. The second-order valence-electron chi connectivity index (χ2n) is 9.09. The molecule has 0 fully saturated rings. The lowest BCUT2D eigenvalue weighted by Gasteiger charge is -2.44. The molecule has 1 aromatic rings. The largest absolute Gasteiger partial charge is 0.493 e. The van der Waals surface area contributed by atoms with Crippen molar-refractivity contribution in [3.8, 4) is 11.5 Å². The smallest absolute Gasteiger partial charge is 0.175 e. The number of ether oxygens (including phenoxy) is 3. The van der Waals surface area contributed by atoms with Gasteiger partial charge in [-0.3, -0.25) is 9.59 Å². The summed E-state index contributed by atoms with van der Waals surface area (Å²) < 4.78 is 17.7. The molecule has 0 atom stereocenters. The van der Waals surface area contributed by atoms with Crippen molar-refractivity contribution in [1.29, 1.82) is 0 Å². The molecule has 0 saturated carbocycles. The van der Waals surface area contributed by atoms with E-state index in [2.05, 4.69) is 27.8 Å². The molecule has 0 radical (unpaired) electrons. The van der Waals surface area contributed by atoms with Gasteiger partial charge in [0.2, 0.25) is 0 Å². The van der Waals surface area contributed by atoms with E-state index in [1.807, 2.05) is 12.1 Å². The van der Waals surface area contributed by atoms with Gasteiger partial charge in [0, 0.05) is 61.6 Å². The molecule has 0 saturated heterocycles. The number of rotatable bonds is 9. The van der Waals surface area contributed by atoms with Crippen LogP contribution in [0.1, 0.15) is 69.8 Å². The monoisotopic (exact) mass is 531 g/mol. The van der Waals surface area contributed by atoms with Gasteiger partial charge < -0.3 is 19.1 Å². The average molecular weight is 532 g/mol. The van der Waals surface area contributed by atoms with E-state index < -0.39 is 0 Å². The highest BCUT2D eigenvalue weighted by Gasteiger charge is 2.43. The van der Waals surface area contributed by atoms with E-state index in [1.165, 1.54) is 0 Å². The van der Waals surface area contributed by atoms with E-state index in [4.69, 9.17) is 14.2 Å². The number of halogens is 1. The van der Waals surface area contributed by atoms with Gasteiger partial charge >= 0.3 is 0 Å². The van der Waals surface area contributed by atoms with Crippen LogP contribution in [0.5, 0.6) is 11.5 Å². The highest BCUT2D eigenvalue weighted by Crippen LogP contribution is 2.51. The summed E-state index contributed by atoms with van der Waals surface area (Å²) in [5.41, 5.74) is 4.65. The number of nitrogens with zero attached hydrogens (tertiary/aromatic N) is 1. The van der Waals surface area contributed by atoms with Crippen molar-refractivity contribution in [1.82, 2.24) is 4.90 Å². The molecule has 0 bridgehead atoms. The molecule has 7 heteroatoms. The normalized spacial score (nSPS) is 18.9. The summed E-state index contributed by atoms with van der Waals surface area (Å²) in [6.45, 7) is 4.04. The van der Waals surface area contributed by atoms with Crippen molar-refractivity contribution in [3.05, 3.63) is 44.7 Å². The zero-order valence-electron chi connectivity index (χ0n) is 20.4. The Balaban J connectivity index is 1.87. The van der Waals surface area contributed by atoms with Crippen molar-refractivity contribution in [2.45, 2.75) is 64.2 Å². The number of benzene rings is 1. The Kier molecular flexibility index (Phi) is 8.14. The number of carbonyl (C=O) groups is 2. The third-order valence-corrected chi connectivity index (χ3v) is 7.44. The SMILES string of the molecule is CCCOc1c(Br)cc(C2C3=C(CCCC3=O)N(CCCOC)C3=C2C(=O)CCC3)cc1OC. The maximum Gasteiger partial charge on any atom is 0.175 e.